The maximum atomic E-state index is 13.3. The number of carbonyl (C=O) groups is 1. The highest BCUT2D eigenvalue weighted by Gasteiger charge is 2.32. The van der Waals surface area contributed by atoms with E-state index in [-0.39, 0.29) is 5.56 Å². The first-order valence-electron chi connectivity index (χ1n) is 9.47. The maximum Gasteiger partial charge on any atom is 0.338 e. The van der Waals surface area contributed by atoms with Crippen LogP contribution in [0.15, 0.2) is 87.8 Å². The fourth-order valence-electron chi connectivity index (χ4n) is 3.47. The third-order valence-corrected chi connectivity index (χ3v) is 5.88. The van der Waals surface area contributed by atoms with Gasteiger partial charge in [0.25, 0.3) is 5.56 Å². The lowest BCUT2D eigenvalue weighted by Crippen LogP contribution is -2.39. The molecule has 0 aliphatic carbocycles. The van der Waals surface area contributed by atoms with E-state index in [1.165, 1.54) is 18.4 Å². The Morgan fingerprint density at radius 3 is 2.43 bits per heavy atom. The summed E-state index contributed by atoms with van der Waals surface area (Å²) in [4.78, 5) is 30.9. The van der Waals surface area contributed by atoms with Crippen LogP contribution in [0.3, 0.4) is 0 Å². The van der Waals surface area contributed by atoms with Crippen molar-refractivity contribution in [3.63, 3.8) is 0 Å². The number of benzene rings is 2. The first kappa shape index (κ1) is 19.8. The highest BCUT2D eigenvalue weighted by molar-refractivity contribution is 7.07. The van der Waals surface area contributed by atoms with E-state index >= 15 is 0 Å². The van der Waals surface area contributed by atoms with Crippen molar-refractivity contribution in [1.29, 1.82) is 0 Å². The van der Waals surface area contributed by atoms with Crippen LogP contribution in [0.4, 0.5) is 0 Å². The highest BCUT2D eigenvalue weighted by Crippen LogP contribution is 2.30. The highest BCUT2D eigenvalue weighted by atomic mass is 32.1. The second-order valence-electron chi connectivity index (χ2n) is 6.78. The molecule has 0 saturated carbocycles. The summed E-state index contributed by atoms with van der Waals surface area (Å²) in [5.41, 5.74) is 2.64. The van der Waals surface area contributed by atoms with Crippen molar-refractivity contribution in [2.75, 3.05) is 7.11 Å². The summed E-state index contributed by atoms with van der Waals surface area (Å²) >= 11 is 1.31. The maximum absolute atomic E-state index is 13.3. The molecule has 1 aliphatic heterocycles. The van der Waals surface area contributed by atoms with Gasteiger partial charge in [0.1, 0.15) is 0 Å². The van der Waals surface area contributed by atoms with Crippen molar-refractivity contribution in [1.82, 2.24) is 4.57 Å². The van der Waals surface area contributed by atoms with Gasteiger partial charge in [0.15, 0.2) is 4.80 Å². The molecule has 1 atom stereocenters. The van der Waals surface area contributed by atoms with E-state index in [1.807, 2.05) is 72.8 Å². The topological polar surface area (TPSA) is 60.7 Å². The molecule has 0 spiro atoms. The molecule has 0 unspecified atom stereocenters. The molecular weight excluding hydrogens is 396 g/mol. The van der Waals surface area contributed by atoms with Gasteiger partial charge in [0, 0.05) is 0 Å². The number of rotatable bonds is 4. The number of carbonyl (C=O) groups excluding carboxylic acids is 1. The molecule has 0 saturated heterocycles. The lowest BCUT2D eigenvalue weighted by atomic mass is 9.96. The summed E-state index contributed by atoms with van der Waals surface area (Å²) in [6, 6.07) is 18.8. The number of hydrogen-bond donors (Lipinski definition) is 0. The quantitative estimate of drug-likeness (QED) is 0.614. The van der Waals surface area contributed by atoms with Gasteiger partial charge in [-0.2, -0.15) is 0 Å². The third-order valence-electron chi connectivity index (χ3n) is 4.88. The molecule has 5 nitrogen and oxygen atoms in total. The van der Waals surface area contributed by atoms with Crippen molar-refractivity contribution in [3.8, 4) is 0 Å². The molecule has 4 rings (SSSR count). The minimum atomic E-state index is -0.574. The van der Waals surface area contributed by atoms with Gasteiger partial charge in [-0.3, -0.25) is 9.36 Å². The Morgan fingerprint density at radius 1 is 1.10 bits per heavy atom. The molecule has 2 heterocycles. The second kappa shape index (κ2) is 8.47. The number of hydrogen-bond acceptors (Lipinski definition) is 5. The van der Waals surface area contributed by atoms with E-state index < -0.39 is 12.0 Å². The number of ether oxygens (including phenoxy) is 1. The van der Waals surface area contributed by atoms with Crippen molar-refractivity contribution in [2.24, 2.45) is 4.99 Å². The average molecular weight is 417 g/mol. The molecule has 0 N–H and O–H groups in total. The fourth-order valence-corrected chi connectivity index (χ4v) is 4.47. The van der Waals surface area contributed by atoms with Gasteiger partial charge in [-0.25, -0.2) is 9.79 Å². The molecule has 1 aromatic heterocycles. The van der Waals surface area contributed by atoms with Crippen LogP contribution in [0.1, 0.15) is 24.1 Å². The summed E-state index contributed by atoms with van der Waals surface area (Å²) in [6.45, 7) is 1.77. The summed E-state index contributed by atoms with van der Waals surface area (Å²) in [5.74, 6) is -0.483. The average Bonchev–Trinajstić information content (AvgIpc) is 3.08. The minimum absolute atomic E-state index is 0.181. The summed E-state index contributed by atoms with van der Waals surface area (Å²) in [6.07, 6.45) is 5.58. The summed E-state index contributed by atoms with van der Waals surface area (Å²) in [5, 5.41) is 0. The SMILES string of the molecule is COC(=O)C1=C(C)N=c2s/c(=C/C=C/c3ccccc3)c(=O)n2[C@@H]1c1ccccc1. The Morgan fingerprint density at radius 2 is 1.77 bits per heavy atom. The van der Waals surface area contributed by atoms with E-state index in [1.54, 1.807) is 17.6 Å². The Labute approximate surface area is 177 Å². The largest absolute Gasteiger partial charge is 0.466 e. The minimum Gasteiger partial charge on any atom is -0.466 e. The first-order chi connectivity index (χ1) is 14.6. The van der Waals surface area contributed by atoms with Crippen LogP contribution in [-0.2, 0) is 9.53 Å². The van der Waals surface area contributed by atoms with Crippen LogP contribution in [0.2, 0.25) is 0 Å². The van der Waals surface area contributed by atoms with Gasteiger partial charge in [0.05, 0.1) is 29.0 Å². The predicted octanol–water partition coefficient (Wildman–Crippen LogP) is 3.07. The zero-order valence-corrected chi connectivity index (χ0v) is 17.4. The van der Waals surface area contributed by atoms with Crippen LogP contribution in [0.25, 0.3) is 12.2 Å². The van der Waals surface area contributed by atoms with Gasteiger partial charge in [-0.15, -0.1) is 0 Å². The number of allylic oxidation sites excluding steroid dienone is 2. The molecule has 0 fully saturated rings. The van der Waals surface area contributed by atoms with E-state index in [0.29, 0.717) is 20.6 Å². The number of esters is 1. The third kappa shape index (κ3) is 3.69. The monoisotopic (exact) mass is 416 g/mol. The van der Waals surface area contributed by atoms with Crippen LogP contribution >= 0.6 is 11.3 Å². The molecule has 0 radical (unpaired) electrons. The van der Waals surface area contributed by atoms with Gasteiger partial charge < -0.3 is 4.74 Å². The normalized spacial score (nSPS) is 16.5. The molecule has 3 aromatic rings. The number of methoxy groups -OCH3 is 1. The van der Waals surface area contributed by atoms with Crippen molar-refractivity contribution < 1.29 is 9.53 Å². The van der Waals surface area contributed by atoms with Crippen LogP contribution in [0, 0.1) is 0 Å². The standard InChI is InChI=1S/C24H20N2O3S/c1-16-20(23(28)29-2)21(18-13-7-4-8-14-18)26-22(27)19(30-24(26)25-16)15-9-12-17-10-5-3-6-11-17/h3-15,21H,1-2H3/b12-9+,19-15+/t21-/m1/s1. The zero-order valence-electron chi connectivity index (χ0n) is 16.6. The van der Waals surface area contributed by atoms with Crippen molar-refractivity contribution in [3.05, 3.63) is 109 Å². The lowest BCUT2D eigenvalue weighted by Gasteiger charge is -2.24. The number of aromatic nitrogens is 1. The molecule has 1 aliphatic rings. The Hall–Kier alpha value is -3.51. The molecular formula is C24H20N2O3S. The van der Waals surface area contributed by atoms with Crippen molar-refractivity contribution >= 4 is 29.5 Å². The molecule has 30 heavy (non-hydrogen) atoms. The lowest BCUT2D eigenvalue weighted by molar-refractivity contribution is -0.136. The van der Waals surface area contributed by atoms with Gasteiger partial charge in [0.2, 0.25) is 0 Å². The molecule has 6 heteroatoms. The van der Waals surface area contributed by atoms with E-state index in [9.17, 15) is 9.59 Å². The van der Waals surface area contributed by atoms with Crippen LogP contribution in [0.5, 0.6) is 0 Å². The van der Waals surface area contributed by atoms with E-state index in [2.05, 4.69) is 4.99 Å². The zero-order chi connectivity index (χ0) is 21.1. The molecule has 150 valence electrons. The van der Waals surface area contributed by atoms with Gasteiger partial charge in [-0.05, 0) is 24.1 Å². The Balaban J connectivity index is 1.87. The van der Waals surface area contributed by atoms with Gasteiger partial charge in [-0.1, -0.05) is 84.2 Å². The predicted molar refractivity (Wildman–Crippen MR) is 119 cm³/mol. The summed E-state index contributed by atoms with van der Waals surface area (Å²) in [7, 11) is 1.34. The van der Waals surface area contributed by atoms with Crippen LogP contribution in [-0.4, -0.2) is 17.6 Å². The smallest absolute Gasteiger partial charge is 0.338 e. The number of fused-ring (bicyclic) bond motifs is 1. The van der Waals surface area contributed by atoms with Crippen molar-refractivity contribution in [2.45, 2.75) is 13.0 Å². The molecule has 0 bridgehead atoms. The van der Waals surface area contributed by atoms with E-state index in [4.69, 9.17) is 4.74 Å². The Bertz CT molecular complexity index is 1320. The summed E-state index contributed by atoms with van der Waals surface area (Å²) < 4.78 is 7.14. The molecule has 0 amide bonds. The van der Waals surface area contributed by atoms with E-state index in [0.717, 1.165) is 11.1 Å². The van der Waals surface area contributed by atoms with Crippen LogP contribution < -0.4 is 14.9 Å². The fraction of sp³-hybridized carbons (Fsp3) is 0.125. The molecule has 2 aromatic carbocycles. The second-order valence-corrected chi connectivity index (χ2v) is 7.79. The number of thiazole rings is 1. The number of nitrogens with zero attached hydrogens (tertiary/aromatic N) is 2. The Kier molecular flexibility index (Phi) is 5.59. The first-order valence-corrected chi connectivity index (χ1v) is 10.3. The van der Waals surface area contributed by atoms with Gasteiger partial charge >= 0.3 is 5.97 Å².